The summed E-state index contributed by atoms with van der Waals surface area (Å²) in [5, 5.41) is 0. The van der Waals surface area contributed by atoms with Gasteiger partial charge in [0, 0.05) is 0 Å². The average molecular weight is 1210 g/mol. The number of benzene rings is 7. The van der Waals surface area contributed by atoms with Crippen molar-refractivity contribution in [3.05, 3.63) is 251 Å². The maximum atomic E-state index is 15.0. The lowest BCUT2D eigenvalue weighted by atomic mass is 9.96. The first-order chi connectivity index (χ1) is 42.1. The molecule has 450 valence electrons. The van der Waals surface area contributed by atoms with Crippen molar-refractivity contribution >= 4 is 49.5 Å². The van der Waals surface area contributed by atoms with Crippen LogP contribution >= 0.6 is 7.67 Å². The van der Waals surface area contributed by atoms with Gasteiger partial charge in [0.25, 0.3) is 0 Å². The fourth-order valence-corrected chi connectivity index (χ4v) is 10.9. The molecule has 7 aromatic carbocycles. The smallest absolute Gasteiger partial charge is 0.347 e. The van der Waals surface area contributed by atoms with E-state index in [9.17, 15) is 33.6 Å². The van der Waals surface area contributed by atoms with Gasteiger partial charge in [-0.05, 0) is 113 Å². The molecule has 0 amide bonds. The summed E-state index contributed by atoms with van der Waals surface area (Å²) in [5.41, 5.74) is 0.265. The van der Waals surface area contributed by atoms with Gasteiger partial charge in [-0.25, -0.2) is 42.9 Å². The number of carbonyl (C=O) groups is 7. The molecule has 0 bridgehead atoms. The molecule has 0 N–H and O–H groups in total. The number of ether oxygens (including phenoxy) is 10. The number of rotatable bonds is 22. The van der Waals surface area contributed by atoms with E-state index in [0.29, 0.717) is 0 Å². The minimum absolute atomic E-state index is 0.00926. The molecule has 0 aliphatic carbocycles. The van der Waals surface area contributed by atoms with Crippen molar-refractivity contribution in [3.63, 3.8) is 0 Å². The number of esters is 7. The minimum atomic E-state index is -4.21. The first kappa shape index (κ1) is 62.4. The lowest BCUT2D eigenvalue weighted by molar-refractivity contribution is -0.320. The van der Waals surface area contributed by atoms with Crippen LogP contribution in [0.4, 0.5) is 0 Å². The third-order valence-corrected chi connectivity index (χ3v) is 16.3. The van der Waals surface area contributed by atoms with E-state index in [1.165, 1.54) is 122 Å². The normalized spacial score (nSPS) is 21.8. The second kappa shape index (κ2) is 29.3. The van der Waals surface area contributed by atoms with Crippen molar-refractivity contribution < 1.29 is 90.0 Å². The van der Waals surface area contributed by atoms with Gasteiger partial charge in [-0.1, -0.05) is 127 Å². The molecule has 0 radical (unpaired) electrons. The molecule has 87 heavy (non-hydrogen) atoms. The third-order valence-electron chi connectivity index (χ3n) is 13.8. The van der Waals surface area contributed by atoms with Crippen LogP contribution in [-0.4, -0.2) is 154 Å². The summed E-state index contributed by atoms with van der Waals surface area (Å²) in [6.45, 7) is -1.57. The second-order valence-electron chi connectivity index (χ2n) is 20.1. The van der Waals surface area contributed by atoms with Crippen LogP contribution < -0.4 is 0 Å². The molecular formula is C65H61N2O19P. The average Bonchev–Trinajstić information content (AvgIpc) is 2.56. The highest BCUT2D eigenvalue weighted by molar-refractivity contribution is 7.53. The molecule has 0 unspecified atom stereocenters. The minimum Gasteiger partial charge on any atom is -0.459 e. The highest BCUT2D eigenvalue weighted by Gasteiger charge is 2.58. The Labute approximate surface area is 501 Å². The van der Waals surface area contributed by atoms with E-state index in [4.69, 9.17) is 51.9 Å². The molecular weight excluding hydrogens is 1140 g/mol. The number of hydrogen-bond acceptors (Lipinski definition) is 19. The van der Waals surface area contributed by atoms with Crippen LogP contribution in [0.1, 0.15) is 72.5 Å². The highest BCUT2D eigenvalue weighted by Crippen LogP contribution is 2.53. The van der Waals surface area contributed by atoms with Gasteiger partial charge in [0.05, 0.1) is 45.6 Å². The summed E-state index contributed by atoms with van der Waals surface area (Å²) in [5.74, 6) is -6.75. The molecule has 2 fully saturated rings. The first-order valence-electron chi connectivity index (χ1n) is 27.4. The molecule has 2 aliphatic rings. The Hall–Kier alpha value is -9.18. The van der Waals surface area contributed by atoms with Crippen LogP contribution in [0.2, 0.25) is 0 Å². The third kappa shape index (κ3) is 15.6. The largest absolute Gasteiger partial charge is 0.459 e. The molecule has 21 nitrogen and oxygen atoms in total. The topological polar surface area (TPSA) is 245 Å². The lowest BCUT2D eigenvalue weighted by Crippen LogP contribution is -2.65. The zero-order chi connectivity index (χ0) is 61.5. The first-order valence-corrected chi connectivity index (χ1v) is 29.0. The second-order valence-corrected chi connectivity index (χ2v) is 22.9. The number of nitrogens with zero attached hydrogens (tertiary/aromatic N) is 2. The Bertz CT molecular complexity index is 3490. The molecule has 10 atom stereocenters. The quantitative estimate of drug-likeness (QED) is 0.0349. The number of carbonyl (C=O) groups excluding carboxylic acids is 7. The lowest BCUT2D eigenvalue weighted by Gasteiger charge is -2.47. The SMILES string of the molecule is CN(C)P(=O)(O[C@H]1O[C@H](CO[C@@H]2O[C@H](COC(=O)c3ccccc3)[C@@H](OC(=O)c3ccccc3)[C@H](OC(=O)c3ccccc3)[C@H]2OC(=O)c2ccccc2)[C@@H](OC(=O)c2ccccc2)[C@H](OC(=O)c2ccccc2)[C@H]1OC(=O)c1ccccc1)N(C)C. The fraction of sp³-hybridized carbons (Fsp3) is 0.246. The Morgan fingerprint density at radius 2 is 0.575 bits per heavy atom. The predicted octanol–water partition coefficient (Wildman–Crippen LogP) is 8.91. The van der Waals surface area contributed by atoms with Crippen LogP contribution in [-0.2, 0) is 56.5 Å². The molecule has 22 heteroatoms. The molecule has 9 rings (SSSR count). The van der Waals surface area contributed by atoms with E-state index in [0.717, 1.165) is 0 Å². The fourth-order valence-electron chi connectivity index (χ4n) is 9.33. The van der Waals surface area contributed by atoms with Gasteiger partial charge in [-0.2, -0.15) is 0 Å². The molecule has 2 saturated heterocycles. The maximum absolute atomic E-state index is 15.0. The summed E-state index contributed by atoms with van der Waals surface area (Å²) in [4.78, 5) is 100. The van der Waals surface area contributed by atoms with Crippen LogP contribution in [0, 0.1) is 0 Å². The molecule has 2 heterocycles. The van der Waals surface area contributed by atoms with Crippen molar-refractivity contribution in [1.82, 2.24) is 9.34 Å². The zero-order valence-corrected chi connectivity index (χ0v) is 48.4. The number of hydrogen-bond donors (Lipinski definition) is 0. The van der Waals surface area contributed by atoms with Crippen LogP contribution in [0.25, 0.3) is 0 Å². The van der Waals surface area contributed by atoms with E-state index in [1.54, 1.807) is 127 Å². The molecule has 0 aromatic heterocycles. The van der Waals surface area contributed by atoms with E-state index in [2.05, 4.69) is 0 Å². The summed E-state index contributed by atoms with van der Waals surface area (Å²) in [6, 6.07) is 54.3. The molecule has 2 aliphatic heterocycles. The Balaban J connectivity index is 1.18. The van der Waals surface area contributed by atoms with E-state index in [1.807, 2.05) is 0 Å². The Kier molecular flexibility index (Phi) is 21.0. The van der Waals surface area contributed by atoms with Crippen LogP contribution in [0.15, 0.2) is 212 Å². The van der Waals surface area contributed by atoms with Crippen molar-refractivity contribution in [3.8, 4) is 0 Å². The van der Waals surface area contributed by atoms with Gasteiger partial charge in [0.2, 0.25) is 6.29 Å². The standard InChI is InChI=1S/C65H61N2O19P/c1-66(2)87(75,67(3)4)86-65-56(85-63(74)48-38-24-11-25-39-48)54(83-61(72)46-34-20-9-21-35-46)52(81-59(70)44-30-16-7-17-31-44)50(79-65)41-77-64-55(84-62(73)47-36-22-10-23-37-47)53(82-60(71)45-32-18-8-19-33-45)51(80-58(69)43-28-14-6-15-29-43)49(78-64)40-76-57(68)42-26-12-5-13-27-42/h5-39,49-56,64-65H,40-41H2,1-4H3/t49-,50-,51-,52-,53+,54+,55-,56-,64-,65-/m1/s1. The summed E-state index contributed by atoms with van der Waals surface area (Å²) in [7, 11) is 1.63. The summed E-state index contributed by atoms with van der Waals surface area (Å²) >= 11 is 0. The Morgan fingerprint density at radius 3 is 0.874 bits per heavy atom. The Morgan fingerprint density at radius 1 is 0.333 bits per heavy atom. The van der Waals surface area contributed by atoms with E-state index < -0.39 is 124 Å². The van der Waals surface area contributed by atoms with Crippen LogP contribution in [0.3, 0.4) is 0 Å². The predicted molar refractivity (Wildman–Crippen MR) is 310 cm³/mol. The van der Waals surface area contributed by atoms with Gasteiger partial charge in [-0.3, -0.25) is 9.09 Å². The molecule has 0 spiro atoms. The van der Waals surface area contributed by atoms with Crippen molar-refractivity contribution in [1.29, 1.82) is 0 Å². The maximum Gasteiger partial charge on any atom is 0.347 e. The van der Waals surface area contributed by atoms with Gasteiger partial charge >= 0.3 is 49.5 Å². The van der Waals surface area contributed by atoms with Gasteiger partial charge < -0.3 is 47.4 Å². The highest BCUT2D eigenvalue weighted by atomic mass is 31.2. The van der Waals surface area contributed by atoms with Gasteiger partial charge in [0.15, 0.2) is 42.9 Å². The monoisotopic (exact) mass is 1200 g/mol. The summed E-state index contributed by atoms with van der Waals surface area (Å²) in [6.07, 6.45) is -18.5. The van der Waals surface area contributed by atoms with E-state index >= 15 is 4.57 Å². The molecule has 7 aromatic rings. The van der Waals surface area contributed by atoms with Gasteiger partial charge in [-0.15, -0.1) is 0 Å². The van der Waals surface area contributed by atoms with Gasteiger partial charge in [0.1, 0.15) is 18.8 Å². The molecule has 0 saturated carbocycles. The zero-order valence-electron chi connectivity index (χ0n) is 47.5. The van der Waals surface area contributed by atoms with Crippen molar-refractivity contribution in [2.24, 2.45) is 0 Å². The summed E-state index contributed by atoms with van der Waals surface area (Å²) < 4.78 is 87.4. The van der Waals surface area contributed by atoms with Crippen LogP contribution in [0.5, 0.6) is 0 Å². The van der Waals surface area contributed by atoms with E-state index in [-0.39, 0.29) is 38.9 Å². The van der Waals surface area contributed by atoms with Crippen molar-refractivity contribution in [2.75, 3.05) is 41.4 Å². The van der Waals surface area contributed by atoms with Crippen molar-refractivity contribution in [2.45, 2.75) is 61.4 Å².